The van der Waals surface area contributed by atoms with Crippen molar-refractivity contribution >= 4 is 0 Å². The highest BCUT2D eigenvalue weighted by molar-refractivity contribution is 5.43. The van der Waals surface area contributed by atoms with Gasteiger partial charge in [-0.05, 0) is 97.7 Å². The number of hydrogen-bond acceptors (Lipinski definition) is 2. The Morgan fingerprint density at radius 1 is 0.917 bits per heavy atom. The van der Waals surface area contributed by atoms with E-state index in [2.05, 4.69) is 32.0 Å². The van der Waals surface area contributed by atoms with E-state index in [4.69, 9.17) is 0 Å². The van der Waals surface area contributed by atoms with Crippen molar-refractivity contribution in [2.75, 3.05) is 0 Å². The van der Waals surface area contributed by atoms with Gasteiger partial charge in [0.1, 0.15) is 11.5 Å². The Hall–Kier alpha value is -1.96. The Morgan fingerprint density at radius 2 is 1.54 bits per heavy atom. The van der Waals surface area contributed by atoms with Gasteiger partial charge in [-0.15, -0.1) is 0 Å². The first kappa shape index (κ1) is 16.9. The minimum Gasteiger partial charge on any atom is -0.508 e. The third-order valence-corrected chi connectivity index (χ3v) is 6.15. The number of rotatable bonds is 3. The smallest absolute Gasteiger partial charge is 0.118 e. The van der Waals surface area contributed by atoms with E-state index in [1.165, 1.54) is 42.4 Å². The molecule has 2 aromatic carbocycles. The number of aromatic hydroxyl groups is 2. The second-order valence-corrected chi connectivity index (χ2v) is 7.75. The monoisotopic (exact) mass is 324 g/mol. The van der Waals surface area contributed by atoms with Gasteiger partial charge in [0.25, 0.3) is 0 Å². The molecule has 1 fully saturated rings. The molecular weight excluding hydrogens is 296 g/mol. The standard InChI is InChI=1S/C22H28O2/c1-15-16(2)21(24)9-4-18(15)14-17-10-12-22(3,13-11-17)19-5-7-20(23)8-6-19/h4-9,17,23-24H,10-14H2,1-3H3. The lowest BCUT2D eigenvalue weighted by Crippen LogP contribution is -2.29. The van der Waals surface area contributed by atoms with Crippen LogP contribution in [0.2, 0.25) is 0 Å². The van der Waals surface area contributed by atoms with Crippen LogP contribution >= 0.6 is 0 Å². The highest BCUT2D eigenvalue weighted by Crippen LogP contribution is 2.42. The molecule has 2 heteroatoms. The molecule has 0 atom stereocenters. The zero-order valence-electron chi connectivity index (χ0n) is 15.0. The van der Waals surface area contributed by atoms with Crippen molar-refractivity contribution in [1.29, 1.82) is 0 Å². The maximum Gasteiger partial charge on any atom is 0.118 e. The van der Waals surface area contributed by atoms with Crippen molar-refractivity contribution in [2.24, 2.45) is 5.92 Å². The quantitative estimate of drug-likeness (QED) is 0.793. The largest absolute Gasteiger partial charge is 0.508 e. The predicted molar refractivity (Wildman–Crippen MR) is 98.7 cm³/mol. The number of phenolic OH excluding ortho intramolecular Hbond substituents is 2. The molecule has 0 heterocycles. The van der Waals surface area contributed by atoms with Crippen molar-refractivity contribution < 1.29 is 10.2 Å². The molecule has 1 saturated carbocycles. The summed E-state index contributed by atoms with van der Waals surface area (Å²) in [7, 11) is 0. The Labute approximate surface area is 145 Å². The van der Waals surface area contributed by atoms with Crippen molar-refractivity contribution in [3.8, 4) is 11.5 Å². The normalized spacial score (nSPS) is 24.0. The lowest BCUT2D eigenvalue weighted by Gasteiger charge is -2.38. The Morgan fingerprint density at radius 3 is 2.17 bits per heavy atom. The van der Waals surface area contributed by atoms with Crippen LogP contribution in [-0.2, 0) is 11.8 Å². The minimum absolute atomic E-state index is 0.226. The molecule has 2 nitrogen and oxygen atoms in total. The van der Waals surface area contributed by atoms with Gasteiger partial charge in [-0.1, -0.05) is 25.1 Å². The molecule has 2 N–H and O–H groups in total. The topological polar surface area (TPSA) is 40.5 Å². The average Bonchev–Trinajstić information content (AvgIpc) is 2.58. The highest BCUT2D eigenvalue weighted by Gasteiger charge is 2.32. The summed E-state index contributed by atoms with van der Waals surface area (Å²) in [4.78, 5) is 0. The zero-order chi connectivity index (χ0) is 17.3. The van der Waals surface area contributed by atoms with Crippen molar-refractivity contribution in [3.05, 3.63) is 58.7 Å². The summed E-state index contributed by atoms with van der Waals surface area (Å²) in [6, 6.07) is 11.7. The number of phenols is 2. The molecule has 0 saturated heterocycles. The third kappa shape index (κ3) is 3.28. The average molecular weight is 324 g/mol. The van der Waals surface area contributed by atoms with Crippen LogP contribution in [0.25, 0.3) is 0 Å². The summed E-state index contributed by atoms with van der Waals surface area (Å²) >= 11 is 0. The first-order valence-electron chi connectivity index (χ1n) is 8.96. The molecule has 0 radical (unpaired) electrons. The Balaban J connectivity index is 1.67. The van der Waals surface area contributed by atoms with E-state index in [1.54, 1.807) is 12.1 Å². The Bertz CT molecular complexity index is 707. The van der Waals surface area contributed by atoms with Gasteiger partial charge in [-0.25, -0.2) is 0 Å². The molecule has 0 aromatic heterocycles. The summed E-state index contributed by atoms with van der Waals surface area (Å²) in [6.45, 7) is 6.47. The van der Waals surface area contributed by atoms with E-state index in [-0.39, 0.29) is 5.41 Å². The lowest BCUT2D eigenvalue weighted by molar-refractivity contribution is 0.246. The van der Waals surface area contributed by atoms with E-state index in [0.717, 1.165) is 17.9 Å². The lowest BCUT2D eigenvalue weighted by atomic mass is 9.67. The van der Waals surface area contributed by atoms with Crippen molar-refractivity contribution in [3.63, 3.8) is 0 Å². The van der Waals surface area contributed by atoms with Gasteiger partial charge < -0.3 is 10.2 Å². The van der Waals surface area contributed by atoms with Crippen LogP contribution in [-0.4, -0.2) is 10.2 Å². The molecule has 2 aromatic rings. The molecule has 0 unspecified atom stereocenters. The first-order chi connectivity index (χ1) is 11.4. The van der Waals surface area contributed by atoms with E-state index < -0.39 is 0 Å². The van der Waals surface area contributed by atoms with Gasteiger partial charge >= 0.3 is 0 Å². The van der Waals surface area contributed by atoms with Crippen LogP contribution in [0.4, 0.5) is 0 Å². The van der Waals surface area contributed by atoms with Crippen LogP contribution in [0.1, 0.15) is 54.9 Å². The molecule has 0 aliphatic heterocycles. The van der Waals surface area contributed by atoms with Crippen LogP contribution in [0.3, 0.4) is 0 Å². The summed E-state index contributed by atoms with van der Waals surface area (Å²) in [5.41, 5.74) is 5.20. The van der Waals surface area contributed by atoms with Gasteiger partial charge in [0.15, 0.2) is 0 Å². The second-order valence-electron chi connectivity index (χ2n) is 7.75. The minimum atomic E-state index is 0.226. The van der Waals surface area contributed by atoms with Crippen LogP contribution < -0.4 is 0 Å². The van der Waals surface area contributed by atoms with E-state index >= 15 is 0 Å². The van der Waals surface area contributed by atoms with Crippen LogP contribution in [0.5, 0.6) is 11.5 Å². The molecule has 1 aliphatic carbocycles. The summed E-state index contributed by atoms with van der Waals surface area (Å²) in [5, 5.41) is 19.3. The third-order valence-electron chi connectivity index (χ3n) is 6.15. The SMILES string of the molecule is Cc1c(O)ccc(CC2CCC(C)(c3ccc(O)cc3)CC2)c1C. The van der Waals surface area contributed by atoms with Gasteiger partial charge in [0.05, 0.1) is 0 Å². The molecule has 3 rings (SSSR count). The predicted octanol–water partition coefficient (Wildman–Crippen LogP) is 5.41. The second kappa shape index (κ2) is 6.51. The van der Waals surface area contributed by atoms with Crippen LogP contribution in [0, 0.1) is 19.8 Å². The molecule has 1 aliphatic rings. The van der Waals surface area contributed by atoms with E-state index in [0.29, 0.717) is 11.5 Å². The molecule has 128 valence electrons. The van der Waals surface area contributed by atoms with Gasteiger partial charge in [-0.2, -0.15) is 0 Å². The summed E-state index contributed by atoms with van der Waals surface area (Å²) < 4.78 is 0. The molecule has 0 spiro atoms. The van der Waals surface area contributed by atoms with Crippen molar-refractivity contribution in [2.45, 2.75) is 58.3 Å². The summed E-state index contributed by atoms with van der Waals surface area (Å²) in [6.07, 6.45) is 5.96. The summed E-state index contributed by atoms with van der Waals surface area (Å²) in [5.74, 6) is 1.46. The van der Waals surface area contributed by atoms with Crippen LogP contribution in [0.15, 0.2) is 36.4 Å². The Kier molecular flexibility index (Phi) is 4.58. The highest BCUT2D eigenvalue weighted by atomic mass is 16.3. The molecule has 0 bridgehead atoms. The van der Waals surface area contributed by atoms with Gasteiger partial charge in [-0.3, -0.25) is 0 Å². The fraction of sp³-hybridized carbons (Fsp3) is 0.455. The van der Waals surface area contributed by atoms with Crippen molar-refractivity contribution in [1.82, 2.24) is 0 Å². The van der Waals surface area contributed by atoms with Gasteiger partial charge in [0, 0.05) is 0 Å². The molecular formula is C22H28O2. The molecule has 0 amide bonds. The zero-order valence-corrected chi connectivity index (χ0v) is 15.0. The maximum absolute atomic E-state index is 9.83. The first-order valence-corrected chi connectivity index (χ1v) is 8.96. The fourth-order valence-corrected chi connectivity index (χ4v) is 4.07. The fourth-order valence-electron chi connectivity index (χ4n) is 4.07. The molecule has 24 heavy (non-hydrogen) atoms. The maximum atomic E-state index is 9.83. The number of benzene rings is 2. The number of hydrogen-bond donors (Lipinski definition) is 2. The van der Waals surface area contributed by atoms with E-state index in [1.807, 2.05) is 13.0 Å². The van der Waals surface area contributed by atoms with E-state index in [9.17, 15) is 10.2 Å². The van der Waals surface area contributed by atoms with Gasteiger partial charge in [0.2, 0.25) is 0 Å².